The highest BCUT2D eigenvalue weighted by atomic mass is 35.5. The fraction of sp³-hybridized carbons (Fsp3) is 0.250. The number of ketones is 1. The van der Waals surface area contributed by atoms with Crippen LogP contribution in [0, 0.1) is 0 Å². The standard InChI is InChI=1S/C16H13ClF2N4O3/c1-23-6-12(20-9-23)7-25-8-13(24)10-2-4-11(5-3-10)14-21-15(26-22-14)16(17,18)19/h2-6,9H,7-8H2,1H3. The van der Waals surface area contributed by atoms with Gasteiger partial charge >= 0.3 is 11.3 Å². The molecule has 7 nitrogen and oxygen atoms in total. The third-order valence-corrected chi connectivity index (χ3v) is 3.54. The Labute approximate surface area is 151 Å². The molecule has 10 heteroatoms. The first-order valence-electron chi connectivity index (χ1n) is 7.42. The molecule has 136 valence electrons. The van der Waals surface area contributed by atoms with Gasteiger partial charge in [-0.15, -0.1) is 0 Å². The molecule has 0 aliphatic heterocycles. The van der Waals surface area contributed by atoms with Crippen LogP contribution in [0.2, 0.25) is 0 Å². The quantitative estimate of drug-likeness (QED) is 0.461. The molecule has 0 spiro atoms. The number of carbonyl (C=O) groups is 1. The van der Waals surface area contributed by atoms with Gasteiger partial charge in [-0.2, -0.15) is 13.8 Å². The molecule has 0 bridgehead atoms. The molecule has 2 heterocycles. The molecule has 3 rings (SSSR count). The van der Waals surface area contributed by atoms with E-state index in [0.29, 0.717) is 11.1 Å². The second-order valence-electron chi connectivity index (χ2n) is 5.44. The zero-order chi connectivity index (χ0) is 18.7. The van der Waals surface area contributed by atoms with Crippen molar-refractivity contribution in [3.8, 4) is 11.4 Å². The normalized spacial score (nSPS) is 11.7. The van der Waals surface area contributed by atoms with E-state index >= 15 is 0 Å². The Bertz CT molecular complexity index is 903. The van der Waals surface area contributed by atoms with E-state index in [2.05, 4.69) is 19.6 Å². The highest BCUT2D eigenvalue weighted by molar-refractivity contribution is 6.21. The van der Waals surface area contributed by atoms with Gasteiger partial charge in [0.25, 0.3) is 0 Å². The fourth-order valence-corrected chi connectivity index (χ4v) is 2.21. The molecular formula is C16H13ClF2N4O3. The number of ether oxygens (including phenoxy) is 1. The number of hydrogen-bond acceptors (Lipinski definition) is 6. The Hall–Kier alpha value is -2.65. The van der Waals surface area contributed by atoms with Gasteiger partial charge in [0, 0.05) is 24.4 Å². The fourth-order valence-electron chi connectivity index (χ4n) is 2.13. The Morgan fingerprint density at radius 3 is 2.65 bits per heavy atom. The minimum atomic E-state index is -3.73. The predicted octanol–water partition coefficient (Wildman–Crippen LogP) is 3.16. The number of halogens is 3. The van der Waals surface area contributed by atoms with Crippen LogP contribution in [0.1, 0.15) is 21.9 Å². The monoisotopic (exact) mass is 382 g/mol. The maximum absolute atomic E-state index is 12.9. The predicted molar refractivity (Wildman–Crippen MR) is 86.7 cm³/mol. The third-order valence-electron chi connectivity index (χ3n) is 3.38. The van der Waals surface area contributed by atoms with Crippen molar-refractivity contribution in [3.63, 3.8) is 0 Å². The smallest absolute Gasteiger partial charge is 0.367 e. The van der Waals surface area contributed by atoms with Crippen LogP contribution in [0.3, 0.4) is 0 Å². The lowest BCUT2D eigenvalue weighted by Crippen LogP contribution is -2.09. The summed E-state index contributed by atoms with van der Waals surface area (Å²) in [4.78, 5) is 19.7. The molecule has 0 saturated carbocycles. The van der Waals surface area contributed by atoms with Gasteiger partial charge in [0.2, 0.25) is 5.82 Å². The first kappa shape index (κ1) is 18.2. The van der Waals surface area contributed by atoms with Gasteiger partial charge in [-0.05, 0) is 11.6 Å². The van der Waals surface area contributed by atoms with Crippen molar-refractivity contribution in [1.82, 2.24) is 19.7 Å². The van der Waals surface area contributed by atoms with Gasteiger partial charge in [0.05, 0.1) is 18.6 Å². The van der Waals surface area contributed by atoms with Crippen molar-refractivity contribution < 1.29 is 22.8 Å². The maximum Gasteiger partial charge on any atom is 0.400 e. The minimum absolute atomic E-state index is 0.0503. The van der Waals surface area contributed by atoms with Crippen LogP contribution in [0.25, 0.3) is 11.4 Å². The number of nitrogens with zero attached hydrogens (tertiary/aromatic N) is 4. The number of hydrogen-bond donors (Lipinski definition) is 0. The topological polar surface area (TPSA) is 83.0 Å². The number of carbonyl (C=O) groups excluding carboxylic acids is 1. The van der Waals surface area contributed by atoms with Gasteiger partial charge in [-0.25, -0.2) is 4.98 Å². The van der Waals surface area contributed by atoms with Crippen molar-refractivity contribution in [2.24, 2.45) is 7.05 Å². The number of aryl methyl sites for hydroxylation is 1. The number of benzene rings is 1. The van der Waals surface area contributed by atoms with E-state index in [-0.39, 0.29) is 24.8 Å². The average molecular weight is 383 g/mol. The Morgan fingerprint density at radius 2 is 2.08 bits per heavy atom. The van der Waals surface area contributed by atoms with E-state index < -0.39 is 11.3 Å². The van der Waals surface area contributed by atoms with Gasteiger partial charge in [0.15, 0.2) is 5.78 Å². The van der Waals surface area contributed by atoms with Gasteiger partial charge in [-0.1, -0.05) is 29.4 Å². The summed E-state index contributed by atoms with van der Waals surface area (Å²) in [5.74, 6) is -1.27. The highest BCUT2D eigenvalue weighted by Crippen LogP contribution is 2.32. The van der Waals surface area contributed by atoms with Crippen LogP contribution < -0.4 is 0 Å². The van der Waals surface area contributed by atoms with Crippen molar-refractivity contribution in [2.75, 3.05) is 6.61 Å². The zero-order valence-electron chi connectivity index (χ0n) is 13.5. The largest absolute Gasteiger partial charge is 0.400 e. The Kier molecular flexibility index (Phi) is 5.10. The SMILES string of the molecule is Cn1cnc(COCC(=O)c2ccc(-c3noc(C(F)(F)Cl)n3)cc2)c1. The molecule has 0 atom stereocenters. The Morgan fingerprint density at radius 1 is 1.35 bits per heavy atom. The summed E-state index contributed by atoms with van der Waals surface area (Å²) in [6.45, 7) is 0.115. The van der Waals surface area contributed by atoms with Crippen molar-refractivity contribution in [3.05, 3.63) is 53.9 Å². The molecule has 1 aromatic carbocycles. The molecule has 0 aliphatic rings. The first-order chi connectivity index (χ1) is 12.3. The lowest BCUT2D eigenvalue weighted by atomic mass is 10.1. The molecule has 0 saturated heterocycles. The highest BCUT2D eigenvalue weighted by Gasteiger charge is 2.35. The van der Waals surface area contributed by atoms with Gasteiger partial charge < -0.3 is 13.8 Å². The van der Waals surface area contributed by atoms with Crippen molar-refractivity contribution in [1.29, 1.82) is 0 Å². The molecule has 2 aromatic heterocycles. The summed E-state index contributed by atoms with van der Waals surface area (Å²) in [5, 5.41) is -0.287. The second kappa shape index (κ2) is 7.30. The van der Waals surface area contributed by atoms with Gasteiger partial charge in [0.1, 0.15) is 6.61 Å². The number of rotatable bonds is 7. The number of imidazole rings is 1. The third kappa shape index (κ3) is 4.30. The molecule has 0 unspecified atom stereocenters. The van der Waals surface area contributed by atoms with Crippen molar-refractivity contribution in [2.45, 2.75) is 12.0 Å². The maximum atomic E-state index is 12.9. The molecule has 26 heavy (non-hydrogen) atoms. The zero-order valence-corrected chi connectivity index (χ0v) is 14.3. The second-order valence-corrected chi connectivity index (χ2v) is 5.92. The lowest BCUT2D eigenvalue weighted by molar-refractivity contribution is 0.0551. The number of alkyl halides is 3. The average Bonchev–Trinajstić information content (AvgIpc) is 3.24. The van der Waals surface area contributed by atoms with E-state index in [9.17, 15) is 13.6 Å². The lowest BCUT2D eigenvalue weighted by Gasteiger charge is -2.03. The summed E-state index contributed by atoms with van der Waals surface area (Å²) in [6, 6.07) is 6.09. The molecule has 0 aliphatic carbocycles. The first-order valence-corrected chi connectivity index (χ1v) is 7.80. The van der Waals surface area contributed by atoms with Crippen LogP contribution in [0.15, 0.2) is 41.3 Å². The van der Waals surface area contributed by atoms with Crippen molar-refractivity contribution >= 4 is 17.4 Å². The van der Waals surface area contributed by atoms with Crippen LogP contribution in [-0.2, 0) is 23.8 Å². The molecular weight excluding hydrogens is 370 g/mol. The van der Waals surface area contributed by atoms with E-state index in [1.165, 1.54) is 24.3 Å². The minimum Gasteiger partial charge on any atom is -0.367 e. The summed E-state index contributed by atoms with van der Waals surface area (Å²) >= 11 is 4.83. The van der Waals surface area contributed by atoms with E-state index in [4.69, 9.17) is 16.3 Å². The number of aromatic nitrogens is 4. The van der Waals surface area contributed by atoms with E-state index in [1.807, 2.05) is 7.05 Å². The van der Waals surface area contributed by atoms with E-state index in [0.717, 1.165) is 5.69 Å². The van der Waals surface area contributed by atoms with Crippen LogP contribution in [0.5, 0.6) is 0 Å². The van der Waals surface area contributed by atoms with Crippen LogP contribution in [-0.4, -0.2) is 32.1 Å². The van der Waals surface area contributed by atoms with E-state index in [1.54, 1.807) is 17.1 Å². The van der Waals surface area contributed by atoms with Crippen LogP contribution >= 0.6 is 11.6 Å². The van der Waals surface area contributed by atoms with Gasteiger partial charge in [-0.3, -0.25) is 4.79 Å². The molecule has 0 radical (unpaired) electrons. The summed E-state index contributed by atoms with van der Waals surface area (Å²) in [5.41, 5.74) is 1.53. The summed E-state index contributed by atoms with van der Waals surface area (Å²) < 4.78 is 37.3. The molecule has 0 amide bonds. The molecule has 0 fully saturated rings. The molecule has 0 N–H and O–H groups in total. The summed E-state index contributed by atoms with van der Waals surface area (Å²) in [6.07, 6.45) is 3.44. The summed E-state index contributed by atoms with van der Waals surface area (Å²) in [7, 11) is 1.84. The van der Waals surface area contributed by atoms with Crippen LogP contribution in [0.4, 0.5) is 8.78 Å². The molecule has 3 aromatic rings. The Balaban J connectivity index is 1.60. The number of Topliss-reactive ketones (excluding diaryl/α,β-unsaturated/α-hetero) is 1.